The lowest BCUT2D eigenvalue weighted by Gasteiger charge is -1.99. The smallest absolute Gasteiger partial charge is 0.217 e. The molecule has 1 radical (unpaired) electrons. The summed E-state index contributed by atoms with van der Waals surface area (Å²) in [5, 5.41) is 10.1. The van der Waals surface area contributed by atoms with E-state index in [9.17, 15) is 9.90 Å². The number of carbonyl (C=O) groups is 1. The molecule has 0 unspecified atom stereocenters. The van der Waals surface area contributed by atoms with Crippen LogP contribution in [0.4, 0.5) is 0 Å². The van der Waals surface area contributed by atoms with E-state index in [0.29, 0.717) is 6.42 Å². The molecule has 0 aliphatic rings. The van der Waals surface area contributed by atoms with Crippen LogP contribution in [0.1, 0.15) is 51.4 Å². The summed E-state index contributed by atoms with van der Waals surface area (Å²) in [6.07, 6.45) is 7.86. The fourth-order valence-corrected chi connectivity index (χ4v) is 1.29. The van der Waals surface area contributed by atoms with Gasteiger partial charge in [0.05, 0.1) is 6.61 Å². The number of carbonyl (C=O) groups excluding carboxylic acids is 1. The summed E-state index contributed by atoms with van der Waals surface area (Å²) in [6.45, 7) is 0.0572. The Labute approximate surface area is 80.3 Å². The van der Waals surface area contributed by atoms with Gasteiger partial charge in [0.25, 0.3) is 0 Å². The van der Waals surface area contributed by atoms with E-state index in [1.807, 2.05) is 0 Å². The van der Waals surface area contributed by atoms with Gasteiger partial charge in [-0.15, -0.1) is 0 Å². The van der Waals surface area contributed by atoms with Gasteiger partial charge in [-0.2, -0.15) is 0 Å². The fourth-order valence-electron chi connectivity index (χ4n) is 1.29. The third-order valence-corrected chi connectivity index (χ3v) is 2.07. The van der Waals surface area contributed by atoms with Gasteiger partial charge in [-0.1, -0.05) is 32.1 Å². The molecule has 0 aromatic heterocycles. The van der Waals surface area contributed by atoms with Crippen molar-refractivity contribution in [2.24, 2.45) is 5.73 Å². The van der Waals surface area contributed by atoms with Crippen molar-refractivity contribution in [1.82, 2.24) is 0 Å². The van der Waals surface area contributed by atoms with Crippen molar-refractivity contribution in [2.75, 3.05) is 6.61 Å². The largest absolute Gasteiger partial charge is 0.370 e. The maximum atomic E-state index is 10.4. The summed E-state index contributed by atoms with van der Waals surface area (Å²) in [5.41, 5.74) is 5.00. The maximum Gasteiger partial charge on any atom is 0.217 e. The van der Waals surface area contributed by atoms with Gasteiger partial charge in [-0.25, -0.2) is 5.11 Å². The molecule has 0 aromatic rings. The third kappa shape index (κ3) is 11.4. The quantitative estimate of drug-likeness (QED) is 0.550. The SMILES string of the molecule is NC(=O)CCCCCCCCC[O]. The number of amides is 1. The summed E-state index contributed by atoms with van der Waals surface area (Å²) in [4.78, 5) is 10.4. The maximum absolute atomic E-state index is 10.4. The molecule has 2 N–H and O–H groups in total. The molecule has 0 heterocycles. The molecule has 0 saturated heterocycles. The highest BCUT2D eigenvalue weighted by molar-refractivity contribution is 5.73. The predicted molar refractivity (Wildman–Crippen MR) is 51.7 cm³/mol. The molecular formula is C10H20NO2. The second-order valence-corrected chi connectivity index (χ2v) is 3.40. The summed E-state index contributed by atoms with van der Waals surface area (Å²) in [6, 6.07) is 0. The Morgan fingerprint density at radius 3 is 1.77 bits per heavy atom. The molecule has 1 amide bonds. The lowest BCUT2D eigenvalue weighted by molar-refractivity contribution is -0.118. The van der Waals surface area contributed by atoms with Crippen molar-refractivity contribution in [2.45, 2.75) is 51.4 Å². The van der Waals surface area contributed by atoms with Crippen molar-refractivity contribution >= 4 is 5.91 Å². The molecule has 13 heavy (non-hydrogen) atoms. The van der Waals surface area contributed by atoms with E-state index in [0.717, 1.165) is 38.5 Å². The molecule has 0 aliphatic carbocycles. The average Bonchev–Trinajstić information content (AvgIpc) is 2.09. The minimum absolute atomic E-state index is 0.0572. The van der Waals surface area contributed by atoms with Crippen molar-refractivity contribution in [3.8, 4) is 0 Å². The number of primary amides is 1. The molecule has 3 nitrogen and oxygen atoms in total. The number of nitrogens with two attached hydrogens (primary N) is 1. The second kappa shape index (κ2) is 9.52. The van der Waals surface area contributed by atoms with Crippen LogP contribution in [0.2, 0.25) is 0 Å². The van der Waals surface area contributed by atoms with Crippen molar-refractivity contribution < 1.29 is 9.90 Å². The first-order valence-corrected chi connectivity index (χ1v) is 5.14. The molecule has 0 saturated carbocycles. The molecule has 0 rings (SSSR count). The Balaban J connectivity index is 2.87. The molecule has 0 atom stereocenters. The monoisotopic (exact) mass is 186 g/mol. The van der Waals surface area contributed by atoms with Crippen LogP contribution < -0.4 is 5.73 Å². The average molecular weight is 186 g/mol. The predicted octanol–water partition coefficient (Wildman–Crippen LogP) is 2.02. The summed E-state index contributed by atoms with van der Waals surface area (Å²) in [7, 11) is 0. The zero-order valence-electron chi connectivity index (χ0n) is 8.26. The topological polar surface area (TPSA) is 63.0 Å². The minimum atomic E-state index is -0.202. The van der Waals surface area contributed by atoms with Crippen LogP contribution in [0.3, 0.4) is 0 Å². The van der Waals surface area contributed by atoms with Crippen LogP contribution in [-0.4, -0.2) is 12.5 Å². The van der Waals surface area contributed by atoms with Crippen LogP contribution in [0.15, 0.2) is 0 Å². The van der Waals surface area contributed by atoms with Crippen LogP contribution in [0.25, 0.3) is 0 Å². The summed E-state index contributed by atoms with van der Waals surface area (Å²) >= 11 is 0. The normalized spacial score (nSPS) is 10.2. The zero-order chi connectivity index (χ0) is 9.94. The molecule has 0 spiro atoms. The Morgan fingerprint density at radius 1 is 0.846 bits per heavy atom. The van der Waals surface area contributed by atoms with Crippen molar-refractivity contribution in [3.05, 3.63) is 0 Å². The van der Waals surface area contributed by atoms with E-state index in [2.05, 4.69) is 0 Å². The summed E-state index contributed by atoms with van der Waals surface area (Å²) < 4.78 is 0. The van der Waals surface area contributed by atoms with E-state index in [4.69, 9.17) is 5.73 Å². The Kier molecular flexibility index (Phi) is 9.10. The van der Waals surface area contributed by atoms with Gasteiger partial charge in [0.2, 0.25) is 5.91 Å². The van der Waals surface area contributed by atoms with Gasteiger partial charge >= 0.3 is 0 Å². The molecule has 0 aliphatic heterocycles. The lowest BCUT2D eigenvalue weighted by atomic mass is 10.1. The van der Waals surface area contributed by atoms with Gasteiger partial charge in [-0.05, 0) is 12.8 Å². The van der Waals surface area contributed by atoms with E-state index >= 15 is 0 Å². The van der Waals surface area contributed by atoms with E-state index in [-0.39, 0.29) is 12.5 Å². The Bertz CT molecular complexity index is 126. The number of hydrogen-bond acceptors (Lipinski definition) is 1. The Hall–Kier alpha value is -0.570. The highest BCUT2D eigenvalue weighted by Crippen LogP contribution is 2.07. The molecule has 0 aromatic carbocycles. The number of hydrogen-bond donors (Lipinski definition) is 1. The summed E-state index contributed by atoms with van der Waals surface area (Å²) in [5.74, 6) is -0.202. The van der Waals surface area contributed by atoms with Crippen molar-refractivity contribution in [3.63, 3.8) is 0 Å². The van der Waals surface area contributed by atoms with Gasteiger partial charge in [0.15, 0.2) is 0 Å². The standard InChI is InChI=1S/C10H20NO2/c11-10(13)8-6-4-2-1-3-5-7-9-12/h1-9H2,(H2,11,13). The van der Waals surface area contributed by atoms with E-state index < -0.39 is 0 Å². The molecule has 77 valence electrons. The van der Waals surface area contributed by atoms with Gasteiger partial charge < -0.3 is 5.73 Å². The van der Waals surface area contributed by atoms with Crippen LogP contribution >= 0.6 is 0 Å². The first-order valence-electron chi connectivity index (χ1n) is 5.14. The van der Waals surface area contributed by atoms with Crippen LogP contribution in [0.5, 0.6) is 0 Å². The molecular weight excluding hydrogens is 166 g/mol. The Morgan fingerprint density at radius 2 is 1.31 bits per heavy atom. The lowest BCUT2D eigenvalue weighted by Crippen LogP contribution is -2.09. The number of rotatable bonds is 9. The first-order chi connectivity index (χ1) is 6.27. The highest BCUT2D eigenvalue weighted by Gasteiger charge is 1.94. The van der Waals surface area contributed by atoms with E-state index in [1.165, 1.54) is 6.42 Å². The zero-order valence-corrected chi connectivity index (χ0v) is 8.26. The van der Waals surface area contributed by atoms with Gasteiger partial charge in [-0.3, -0.25) is 4.79 Å². The van der Waals surface area contributed by atoms with E-state index in [1.54, 1.807) is 0 Å². The fraction of sp³-hybridized carbons (Fsp3) is 0.900. The van der Waals surface area contributed by atoms with Crippen LogP contribution in [-0.2, 0) is 9.90 Å². The number of unbranched alkanes of at least 4 members (excludes halogenated alkanes) is 6. The molecule has 0 bridgehead atoms. The second-order valence-electron chi connectivity index (χ2n) is 3.40. The van der Waals surface area contributed by atoms with Gasteiger partial charge in [0, 0.05) is 6.42 Å². The molecule has 3 heteroatoms. The minimum Gasteiger partial charge on any atom is -0.370 e. The first kappa shape index (κ1) is 12.4. The third-order valence-electron chi connectivity index (χ3n) is 2.07. The van der Waals surface area contributed by atoms with Crippen LogP contribution in [0, 0.1) is 0 Å². The van der Waals surface area contributed by atoms with Crippen molar-refractivity contribution in [1.29, 1.82) is 0 Å². The molecule has 0 fully saturated rings. The highest BCUT2D eigenvalue weighted by atomic mass is 16.2. The van der Waals surface area contributed by atoms with Gasteiger partial charge in [0.1, 0.15) is 0 Å².